The molecule has 0 aliphatic rings. The molecule has 0 N–H and O–H groups in total. The summed E-state index contributed by atoms with van der Waals surface area (Å²) in [6.45, 7) is 0. The van der Waals surface area contributed by atoms with E-state index in [2.05, 4.69) is 144 Å². The van der Waals surface area contributed by atoms with E-state index in [1.54, 1.807) is 0 Å². The smallest absolute Gasteiger partial charge is 0.160 e. The molecule has 9 rings (SSSR count). The van der Waals surface area contributed by atoms with Gasteiger partial charge in [-0.05, 0) is 71.3 Å². The van der Waals surface area contributed by atoms with Crippen LogP contribution in [0.15, 0.2) is 173 Å². The van der Waals surface area contributed by atoms with Crippen molar-refractivity contribution in [2.45, 2.75) is 0 Å². The van der Waals surface area contributed by atoms with Crippen LogP contribution in [0.2, 0.25) is 0 Å². The monoisotopic (exact) mass is 577 g/mol. The minimum absolute atomic E-state index is 0.862. The van der Waals surface area contributed by atoms with Gasteiger partial charge in [-0.15, -0.1) is 0 Å². The molecule has 0 aliphatic carbocycles. The minimum atomic E-state index is 0.862. The van der Waals surface area contributed by atoms with E-state index in [1.807, 2.05) is 24.3 Å². The van der Waals surface area contributed by atoms with Gasteiger partial charge in [0.05, 0.1) is 5.69 Å². The second-order valence-electron chi connectivity index (χ2n) is 11.3. The van der Waals surface area contributed by atoms with Crippen molar-refractivity contribution >= 4 is 60.9 Å². The maximum absolute atomic E-state index is 6.68. The van der Waals surface area contributed by atoms with Gasteiger partial charge in [0.1, 0.15) is 16.7 Å². The molecule has 0 aliphatic heterocycles. The predicted octanol–water partition coefficient (Wildman–Crippen LogP) is 12.3. The van der Waals surface area contributed by atoms with Crippen LogP contribution < -0.4 is 4.90 Å². The molecular formula is C42H27NO2. The van der Waals surface area contributed by atoms with Gasteiger partial charge in [0.15, 0.2) is 5.58 Å². The van der Waals surface area contributed by atoms with Crippen molar-refractivity contribution in [3.63, 3.8) is 0 Å². The minimum Gasteiger partial charge on any atom is -0.456 e. The van der Waals surface area contributed by atoms with Gasteiger partial charge in [0, 0.05) is 38.5 Å². The topological polar surface area (TPSA) is 29.5 Å². The van der Waals surface area contributed by atoms with Gasteiger partial charge in [-0.3, -0.25) is 0 Å². The van der Waals surface area contributed by atoms with Crippen LogP contribution in [0.4, 0.5) is 17.1 Å². The number of rotatable bonds is 5. The maximum atomic E-state index is 6.68. The Morgan fingerprint density at radius 1 is 0.356 bits per heavy atom. The van der Waals surface area contributed by atoms with Gasteiger partial charge in [0.25, 0.3) is 0 Å². The third kappa shape index (κ3) is 4.21. The summed E-state index contributed by atoms with van der Waals surface area (Å²) < 4.78 is 12.9. The SMILES string of the molecule is c1ccc(-c2ccc3c(oc4ccccc43)c2N(c2ccccc2)c2ccc(-c3ccc4c(c3)oc3ccccc34)cc2)cc1. The first-order valence-electron chi connectivity index (χ1n) is 15.2. The fourth-order valence-corrected chi connectivity index (χ4v) is 6.54. The first-order valence-corrected chi connectivity index (χ1v) is 15.2. The molecule has 0 saturated heterocycles. The summed E-state index contributed by atoms with van der Waals surface area (Å²) in [6, 6.07) is 57.2. The molecular weight excluding hydrogens is 550 g/mol. The summed E-state index contributed by atoms with van der Waals surface area (Å²) in [7, 11) is 0. The first-order chi connectivity index (χ1) is 22.3. The second kappa shape index (κ2) is 10.3. The molecule has 2 heterocycles. The molecule has 212 valence electrons. The van der Waals surface area contributed by atoms with Crippen molar-refractivity contribution < 1.29 is 8.83 Å². The Labute approximate surface area is 260 Å². The van der Waals surface area contributed by atoms with E-state index < -0.39 is 0 Å². The molecule has 3 nitrogen and oxygen atoms in total. The molecule has 0 bridgehead atoms. The lowest BCUT2D eigenvalue weighted by molar-refractivity contribution is 0.668. The fraction of sp³-hybridized carbons (Fsp3) is 0. The predicted molar refractivity (Wildman–Crippen MR) is 187 cm³/mol. The van der Waals surface area contributed by atoms with Gasteiger partial charge < -0.3 is 13.7 Å². The van der Waals surface area contributed by atoms with Crippen LogP contribution >= 0.6 is 0 Å². The summed E-state index contributed by atoms with van der Waals surface area (Å²) in [5.74, 6) is 0. The first kappa shape index (κ1) is 25.4. The second-order valence-corrected chi connectivity index (χ2v) is 11.3. The highest BCUT2D eigenvalue weighted by molar-refractivity contribution is 6.13. The molecule has 0 unspecified atom stereocenters. The standard InChI is InChI=1S/C42H27NO2/c1-3-11-29(12-4-1)33-25-26-37-35-16-8-10-18-39(35)45-42(37)41(33)43(31-13-5-2-6-14-31)32-22-19-28(20-23-32)30-21-24-36-34-15-7-9-17-38(34)44-40(36)27-30/h1-27H. The van der Waals surface area contributed by atoms with Crippen molar-refractivity contribution in [1.29, 1.82) is 0 Å². The Hall–Kier alpha value is -6.06. The summed E-state index contributed by atoms with van der Waals surface area (Å²) in [6.07, 6.45) is 0. The molecule has 0 spiro atoms. The largest absolute Gasteiger partial charge is 0.456 e. The van der Waals surface area contributed by atoms with Crippen molar-refractivity contribution in [2.24, 2.45) is 0 Å². The highest BCUT2D eigenvalue weighted by Crippen LogP contribution is 2.47. The van der Waals surface area contributed by atoms with Crippen molar-refractivity contribution in [3.8, 4) is 22.3 Å². The van der Waals surface area contributed by atoms with E-state index in [0.29, 0.717) is 0 Å². The van der Waals surface area contributed by atoms with Crippen LogP contribution in [0.1, 0.15) is 0 Å². The molecule has 0 radical (unpaired) electrons. The normalized spacial score (nSPS) is 11.6. The Kier molecular flexibility index (Phi) is 5.82. The van der Waals surface area contributed by atoms with E-state index in [0.717, 1.165) is 83.2 Å². The Balaban J connectivity index is 1.24. The van der Waals surface area contributed by atoms with Gasteiger partial charge in [0.2, 0.25) is 0 Å². The van der Waals surface area contributed by atoms with Crippen LogP contribution in [0, 0.1) is 0 Å². The van der Waals surface area contributed by atoms with Gasteiger partial charge in [-0.25, -0.2) is 0 Å². The summed E-state index contributed by atoms with van der Waals surface area (Å²) >= 11 is 0. The molecule has 0 atom stereocenters. The molecule has 0 fully saturated rings. The lowest BCUT2D eigenvalue weighted by Crippen LogP contribution is -2.11. The van der Waals surface area contributed by atoms with Crippen LogP contribution in [0.3, 0.4) is 0 Å². The third-order valence-corrected chi connectivity index (χ3v) is 8.68. The highest BCUT2D eigenvalue weighted by Gasteiger charge is 2.23. The summed E-state index contributed by atoms with van der Waals surface area (Å²) in [5.41, 5.74) is 11.1. The Morgan fingerprint density at radius 3 is 1.67 bits per heavy atom. The fourth-order valence-electron chi connectivity index (χ4n) is 6.54. The van der Waals surface area contributed by atoms with Crippen molar-refractivity contribution in [1.82, 2.24) is 0 Å². The third-order valence-electron chi connectivity index (χ3n) is 8.68. The number of hydrogen-bond acceptors (Lipinski definition) is 3. The molecule has 45 heavy (non-hydrogen) atoms. The lowest BCUT2D eigenvalue weighted by atomic mass is 9.98. The van der Waals surface area contributed by atoms with Gasteiger partial charge in [-0.1, -0.05) is 109 Å². The van der Waals surface area contributed by atoms with E-state index in [4.69, 9.17) is 8.83 Å². The average molecular weight is 578 g/mol. The number of para-hydroxylation sites is 3. The average Bonchev–Trinajstić information content (AvgIpc) is 3.68. The molecule has 7 aromatic carbocycles. The van der Waals surface area contributed by atoms with Crippen molar-refractivity contribution in [3.05, 3.63) is 164 Å². The zero-order valence-electron chi connectivity index (χ0n) is 24.4. The van der Waals surface area contributed by atoms with Gasteiger partial charge >= 0.3 is 0 Å². The molecule has 0 amide bonds. The summed E-state index contributed by atoms with van der Waals surface area (Å²) in [5, 5.41) is 4.48. The van der Waals surface area contributed by atoms with Crippen LogP contribution in [-0.4, -0.2) is 0 Å². The van der Waals surface area contributed by atoms with Crippen LogP contribution in [0.25, 0.3) is 66.1 Å². The van der Waals surface area contributed by atoms with E-state index in [9.17, 15) is 0 Å². The quantitative estimate of drug-likeness (QED) is 0.204. The number of anilines is 3. The summed E-state index contributed by atoms with van der Waals surface area (Å²) in [4.78, 5) is 2.32. The number of nitrogens with zero attached hydrogens (tertiary/aromatic N) is 1. The van der Waals surface area contributed by atoms with Crippen LogP contribution in [-0.2, 0) is 0 Å². The lowest BCUT2D eigenvalue weighted by Gasteiger charge is -2.28. The van der Waals surface area contributed by atoms with E-state index in [-0.39, 0.29) is 0 Å². The molecule has 3 heteroatoms. The maximum Gasteiger partial charge on any atom is 0.160 e. The number of benzene rings is 7. The Bertz CT molecular complexity index is 2470. The zero-order valence-corrected chi connectivity index (χ0v) is 24.4. The Morgan fingerprint density at radius 2 is 0.911 bits per heavy atom. The number of furan rings is 2. The van der Waals surface area contributed by atoms with Gasteiger partial charge in [-0.2, -0.15) is 0 Å². The number of fused-ring (bicyclic) bond motifs is 6. The highest BCUT2D eigenvalue weighted by atomic mass is 16.3. The number of hydrogen-bond donors (Lipinski definition) is 0. The molecule has 9 aromatic rings. The van der Waals surface area contributed by atoms with Crippen LogP contribution in [0.5, 0.6) is 0 Å². The van der Waals surface area contributed by atoms with E-state index in [1.165, 1.54) is 0 Å². The molecule has 2 aromatic heterocycles. The molecule has 0 saturated carbocycles. The zero-order chi connectivity index (χ0) is 29.7. The van der Waals surface area contributed by atoms with Crippen molar-refractivity contribution in [2.75, 3.05) is 4.90 Å². The van der Waals surface area contributed by atoms with E-state index >= 15 is 0 Å².